The Morgan fingerprint density at radius 2 is 1.59 bits per heavy atom. The molecule has 0 bridgehead atoms. The maximum absolute atomic E-state index is 12.2. The van der Waals surface area contributed by atoms with Gasteiger partial charge in [0.05, 0.1) is 0 Å². The summed E-state index contributed by atoms with van der Waals surface area (Å²) in [7, 11) is 0. The van der Waals surface area contributed by atoms with Gasteiger partial charge < -0.3 is 20.5 Å². The van der Waals surface area contributed by atoms with Crippen LogP contribution in [0.4, 0.5) is 4.79 Å². The second-order valence-electron chi connectivity index (χ2n) is 7.25. The summed E-state index contributed by atoms with van der Waals surface area (Å²) in [5.74, 6) is -1.56. The fraction of sp³-hybridized carbons (Fsp3) is 0.800. The van der Waals surface area contributed by atoms with Crippen molar-refractivity contribution in [3.63, 3.8) is 0 Å². The normalized spacial score (nSPS) is 13.5. The van der Waals surface area contributed by atoms with Gasteiger partial charge in [-0.3, -0.25) is 4.79 Å². The number of amides is 2. The van der Waals surface area contributed by atoms with Crippen molar-refractivity contribution in [1.82, 2.24) is 10.6 Å². The summed E-state index contributed by atoms with van der Waals surface area (Å²) in [5, 5.41) is 14.0. The van der Waals surface area contributed by atoms with E-state index in [2.05, 4.69) is 10.6 Å². The number of carbonyl (C=O) groups is 3. The molecule has 3 N–H and O–H groups in total. The lowest BCUT2D eigenvalue weighted by Gasteiger charge is -2.29. The monoisotopic (exact) mass is 316 g/mol. The van der Waals surface area contributed by atoms with Gasteiger partial charge in [0, 0.05) is 0 Å². The molecule has 0 aliphatic rings. The predicted molar refractivity (Wildman–Crippen MR) is 82.5 cm³/mol. The van der Waals surface area contributed by atoms with E-state index in [0.717, 1.165) is 0 Å². The molecule has 128 valence electrons. The van der Waals surface area contributed by atoms with Gasteiger partial charge in [-0.2, -0.15) is 0 Å². The van der Waals surface area contributed by atoms with Gasteiger partial charge in [0.1, 0.15) is 17.2 Å². The molecule has 0 aliphatic carbocycles. The van der Waals surface area contributed by atoms with E-state index in [0.29, 0.717) is 6.42 Å². The van der Waals surface area contributed by atoms with E-state index in [4.69, 9.17) is 9.84 Å². The van der Waals surface area contributed by atoms with Crippen LogP contribution in [0.3, 0.4) is 0 Å². The van der Waals surface area contributed by atoms with Gasteiger partial charge in [0.25, 0.3) is 0 Å². The summed E-state index contributed by atoms with van der Waals surface area (Å²) < 4.78 is 5.09. The van der Waals surface area contributed by atoms with Crippen LogP contribution in [-0.4, -0.2) is 40.3 Å². The number of aliphatic carboxylic acids is 1. The molecule has 0 saturated heterocycles. The molecule has 2 amide bonds. The topological polar surface area (TPSA) is 105 Å². The number of rotatable bonds is 6. The lowest BCUT2D eigenvalue weighted by molar-refractivity contribution is -0.143. The van der Waals surface area contributed by atoms with Gasteiger partial charge >= 0.3 is 12.1 Å². The standard InChI is InChI=1S/C15H28N2O5/c1-9(2)8-10(11(18)19)16-12(20)15(6,7)17-13(21)22-14(3,4)5/h9-10H,8H2,1-7H3,(H,16,20)(H,17,21)(H,18,19)/t10-/m1/s1. The Kier molecular flexibility index (Phi) is 6.86. The van der Waals surface area contributed by atoms with Crippen LogP contribution in [0, 0.1) is 5.92 Å². The van der Waals surface area contributed by atoms with E-state index in [1.165, 1.54) is 13.8 Å². The molecule has 0 heterocycles. The van der Waals surface area contributed by atoms with Crippen molar-refractivity contribution in [3.05, 3.63) is 0 Å². The highest BCUT2D eigenvalue weighted by molar-refractivity contribution is 5.92. The minimum atomic E-state index is -1.28. The van der Waals surface area contributed by atoms with Gasteiger partial charge in [-0.05, 0) is 47.0 Å². The lowest BCUT2D eigenvalue weighted by atomic mass is 10.0. The molecule has 7 nitrogen and oxygen atoms in total. The smallest absolute Gasteiger partial charge is 0.408 e. The molecule has 0 aromatic carbocycles. The number of carbonyl (C=O) groups excluding carboxylic acids is 2. The van der Waals surface area contributed by atoms with Crippen LogP contribution in [0.2, 0.25) is 0 Å². The molecule has 0 saturated carbocycles. The summed E-state index contributed by atoms with van der Waals surface area (Å²) in [4.78, 5) is 35.1. The number of hydrogen-bond acceptors (Lipinski definition) is 4. The molecule has 1 atom stereocenters. The van der Waals surface area contributed by atoms with Crippen molar-refractivity contribution in [1.29, 1.82) is 0 Å². The molecule has 0 radical (unpaired) electrons. The van der Waals surface area contributed by atoms with Crippen LogP contribution in [-0.2, 0) is 14.3 Å². The van der Waals surface area contributed by atoms with Crippen LogP contribution in [0.15, 0.2) is 0 Å². The third-order valence-electron chi connectivity index (χ3n) is 2.69. The Morgan fingerprint density at radius 3 is 1.95 bits per heavy atom. The second kappa shape index (κ2) is 7.47. The van der Waals surface area contributed by atoms with E-state index < -0.39 is 35.2 Å². The van der Waals surface area contributed by atoms with Gasteiger partial charge in [0.2, 0.25) is 5.91 Å². The van der Waals surface area contributed by atoms with E-state index >= 15 is 0 Å². The summed E-state index contributed by atoms with van der Waals surface area (Å²) in [6.45, 7) is 11.8. The first-order valence-corrected chi connectivity index (χ1v) is 7.29. The average molecular weight is 316 g/mol. The summed E-state index contributed by atoms with van der Waals surface area (Å²) in [5.41, 5.74) is -1.97. The van der Waals surface area contributed by atoms with Crippen LogP contribution in [0.1, 0.15) is 54.9 Å². The fourth-order valence-corrected chi connectivity index (χ4v) is 1.65. The molecule has 7 heteroatoms. The number of ether oxygens (including phenoxy) is 1. The number of nitrogens with one attached hydrogen (secondary N) is 2. The lowest BCUT2D eigenvalue weighted by Crippen LogP contribution is -2.58. The van der Waals surface area contributed by atoms with Crippen molar-refractivity contribution in [2.75, 3.05) is 0 Å². The Hall–Kier alpha value is -1.79. The summed E-state index contributed by atoms with van der Waals surface area (Å²) >= 11 is 0. The predicted octanol–water partition coefficient (Wildman–Crippen LogP) is 1.91. The summed E-state index contributed by atoms with van der Waals surface area (Å²) in [6, 6.07) is -0.993. The van der Waals surface area contributed by atoms with Crippen molar-refractivity contribution in [2.45, 2.75) is 72.1 Å². The van der Waals surface area contributed by atoms with Gasteiger partial charge in [-0.1, -0.05) is 13.8 Å². The fourth-order valence-electron chi connectivity index (χ4n) is 1.65. The highest BCUT2D eigenvalue weighted by Crippen LogP contribution is 2.11. The molecule has 0 spiro atoms. The molecular formula is C15H28N2O5. The zero-order chi connectivity index (χ0) is 17.7. The molecular weight excluding hydrogens is 288 g/mol. The molecule has 0 aliphatic heterocycles. The van der Waals surface area contributed by atoms with Crippen molar-refractivity contribution < 1.29 is 24.2 Å². The molecule has 0 aromatic rings. The average Bonchev–Trinajstić information content (AvgIpc) is 2.23. The third kappa shape index (κ3) is 7.85. The third-order valence-corrected chi connectivity index (χ3v) is 2.69. The SMILES string of the molecule is CC(C)C[C@@H](NC(=O)C(C)(C)NC(=O)OC(C)(C)C)C(=O)O. The van der Waals surface area contributed by atoms with Crippen LogP contribution in [0.5, 0.6) is 0 Å². The molecule has 0 rings (SSSR count). The highest BCUT2D eigenvalue weighted by Gasteiger charge is 2.34. The van der Waals surface area contributed by atoms with Crippen LogP contribution >= 0.6 is 0 Å². The van der Waals surface area contributed by atoms with E-state index in [1.807, 2.05) is 13.8 Å². The quantitative estimate of drug-likeness (QED) is 0.694. The zero-order valence-electron chi connectivity index (χ0n) is 14.4. The number of alkyl carbamates (subject to hydrolysis) is 1. The van der Waals surface area contributed by atoms with E-state index in [9.17, 15) is 14.4 Å². The van der Waals surface area contributed by atoms with E-state index in [-0.39, 0.29) is 5.92 Å². The van der Waals surface area contributed by atoms with Gasteiger partial charge in [-0.15, -0.1) is 0 Å². The Balaban J connectivity index is 4.79. The second-order valence-corrected chi connectivity index (χ2v) is 7.25. The minimum Gasteiger partial charge on any atom is -0.480 e. The Bertz CT molecular complexity index is 424. The maximum atomic E-state index is 12.2. The van der Waals surface area contributed by atoms with Crippen LogP contribution in [0.25, 0.3) is 0 Å². The largest absolute Gasteiger partial charge is 0.480 e. The summed E-state index contributed by atoms with van der Waals surface area (Å²) in [6.07, 6.45) is -0.424. The van der Waals surface area contributed by atoms with Crippen LogP contribution < -0.4 is 10.6 Å². The maximum Gasteiger partial charge on any atom is 0.408 e. The van der Waals surface area contributed by atoms with Gasteiger partial charge in [0.15, 0.2) is 0 Å². The van der Waals surface area contributed by atoms with Crippen molar-refractivity contribution in [2.24, 2.45) is 5.92 Å². The van der Waals surface area contributed by atoms with Crippen molar-refractivity contribution >= 4 is 18.0 Å². The zero-order valence-corrected chi connectivity index (χ0v) is 14.4. The molecule has 0 fully saturated rings. The van der Waals surface area contributed by atoms with Crippen molar-refractivity contribution in [3.8, 4) is 0 Å². The number of carboxylic acid groups (broad SMARTS) is 1. The molecule has 0 aromatic heterocycles. The highest BCUT2D eigenvalue weighted by atomic mass is 16.6. The first kappa shape index (κ1) is 20.2. The van der Waals surface area contributed by atoms with Gasteiger partial charge in [-0.25, -0.2) is 9.59 Å². The number of carboxylic acids is 1. The number of hydrogen-bond donors (Lipinski definition) is 3. The van der Waals surface area contributed by atoms with E-state index in [1.54, 1.807) is 20.8 Å². The molecule has 22 heavy (non-hydrogen) atoms. The first-order chi connectivity index (χ1) is 9.74. The first-order valence-electron chi connectivity index (χ1n) is 7.29. The molecule has 0 unspecified atom stereocenters. The minimum absolute atomic E-state index is 0.114. The Labute approximate surface area is 131 Å². The Morgan fingerprint density at radius 1 is 1.09 bits per heavy atom.